The van der Waals surface area contributed by atoms with Crippen molar-refractivity contribution in [3.8, 4) is 0 Å². The van der Waals surface area contributed by atoms with Crippen LogP contribution < -0.4 is 5.43 Å². The number of halogens is 3. The van der Waals surface area contributed by atoms with Crippen LogP contribution in [0.3, 0.4) is 0 Å². The monoisotopic (exact) mass is 290 g/mol. The van der Waals surface area contributed by atoms with E-state index >= 15 is 0 Å². The highest BCUT2D eigenvalue weighted by atomic mass is 35.5. The molecule has 7 heteroatoms. The Labute approximate surface area is 114 Å². The summed E-state index contributed by atoms with van der Waals surface area (Å²) in [5.41, 5.74) is 2.12. The SMILES string of the molecule is CCCC(=O)N(Cl)NC(=O)Cc1ccc(F)cc1F. The molecule has 0 heterocycles. The topological polar surface area (TPSA) is 49.4 Å². The number of rotatable bonds is 4. The van der Waals surface area contributed by atoms with Crippen molar-refractivity contribution in [3.05, 3.63) is 35.4 Å². The summed E-state index contributed by atoms with van der Waals surface area (Å²) in [6.45, 7) is 1.79. The van der Waals surface area contributed by atoms with E-state index in [2.05, 4.69) is 5.43 Å². The fourth-order valence-electron chi connectivity index (χ4n) is 1.36. The highest BCUT2D eigenvalue weighted by Gasteiger charge is 2.15. The molecule has 0 fully saturated rings. The number of amides is 2. The zero-order chi connectivity index (χ0) is 14.4. The molecule has 0 radical (unpaired) electrons. The third-order valence-corrected chi connectivity index (χ3v) is 2.54. The molecule has 0 aliphatic carbocycles. The van der Waals surface area contributed by atoms with Crippen molar-refractivity contribution in [2.75, 3.05) is 0 Å². The number of benzene rings is 1. The molecule has 0 aliphatic rings. The van der Waals surface area contributed by atoms with Crippen molar-refractivity contribution in [1.29, 1.82) is 0 Å². The van der Waals surface area contributed by atoms with Crippen molar-refractivity contribution >= 4 is 23.6 Å². The Bertz CT molecular complexity index is 483. The number of hydrogen-bond donors (Lipinski definition) is 1. The van der Waals surface area contributed by atoms with Gasteiger partial charge in [-0.3, -0.25) is 9.59 Å². The normalized spacial score (nSPS) is 10.1. The molecule has 0 unspecified atom stereocenters. The lowest BCUT2D eigenvalue weighted by molar-refractivity contribution is -0.135. The summed E-state index contributed by atoms with van der Waals surface area (Å²) in [6.07, 6.45) is 0.438. The molecule has 0 saturated heterocycles. The van der Waals surface area contributed by atoms with Crippen LogP contribution in [0.25, 0.3) is 0 Å². The van der Waals surface area contributed by atoms with Crippen LogP contribution in [0.1, 0.15) is 25.3 Å². The lowest BCUT2D eigenvalue weighted by atomic mass is 10.1. The quantitative estimate of drug-likeness (QED) is 0.683. The number of hydrazine groups is 1. The van der Waals surface area contributed by atoms with Gasteiger partial charge in [0.2, 0.25) is 5.91 Å². The van der Waals surface area contributed by atoms with Crippen LogP contribution >= 0.6 is 11.8 Å². The van der Waals surface area contributed by atoms with Gasteiger partial charge in [-0.15, -0.1) is 0 Å². The van der Waals surface area contributed by atoms with Gasteiger partial charge < -0.3 is 0 Å². The fourth-order valence-corrected chi connectivity index (χ4v) is 1.54. The van der Waals surface area contributed by atoms with Crippen molar-refractivity contribution in [3.63, 3.8) is 0 Å². The molecule has 1 rings (SSSR count). The van der Waals surface area contributed by atoms with E-state index in [1.807, 2.05) is 0 Å². The summed E-state index contributed by atoms with van der Waals surface area (Å²) >= 11 is 5.53. The third kappa shape index (κ3) is 4.82. The predicted octanol–water partition coefficient (Wildman–Crippen LogP) is 2.32. The molecule has 0 bridgehead atoms. The van der Waals surface area contributed by atoms with Crippen LogP contribution in [0.5, 0.6) is 0 Å². The number of carbonyl (C=O) groups is 2. The first-order chi connectivity index (χ1) is 8.93. The first kappa shape index (κ1) is 15.4. The third-order valence-electron chi connectivity index (χ3n) is 2.27. The Morgan fingerprint density at radius 2 is 2.05 bits per heavy atom. The summed E-state index contributed by atoms with van der Waals surface area (Å²) in [5, 5.41) is 0. The largest absolute Gasteiger partial charge is 0.273 e. The number of hydrogen-bond acceptors (Lipinski definition) is 2. The highest BCUT2D eigenvalue weighted by Crippen LogP contribution is 2.10. The van der Waals surface area contributed by atoms with Crippen molar-refractivity contribution in [2.24, 2.45) is 0 Å². The van der Waals surface area contributed by atoms with Gasteiger partial charge >= 0.3 is 0 Å². The molecular weight excluding hydrogens is 278 g/mol. The molecule has 4 nitrogen and oxygen atoms in total. The van der Waals surface area contributed by atoms with Gasteiger partial charge in [0.15, 0.2) is 0 Å². The zero-order valence-corrected chi connectivity index (χ0v) is 11.0. The molecule has 19 heavy (non-hydrogen) atoms. The van der Waals surface area contributed by atoms with Gasteiger partial charge in [-0.1, -0.05) is 13.0 Å². The number of carbonyl (C=O) groups excluding carboxylic acids is 2. The zero-order valence-electron chi connectivity index (χ0n) is 10.3. The molecular formula is C12H13ClF2N2O2. The average molecular weight is 291 g/mol. The van der Waals surface area contributed by atoms with E-state index in [0.717, 1.165) is 12.1 Å². The predicted molar refractivity (Wildman–Crippen MR) is 65.8 cm³/mol. The summed E-state index contributed by atoms with van der Waals surface area (Å²) < 4.78 is 26.5. The fraction of sp³-hybridized carbons (Fsp3) is 0.333. The number of nitrogens with zero attached hydrogens (tertiary/aromatic N) is 1. The molecule has 0 saturated carbocycles. The smallest absolute Gasteiger partial charge is 0.256 e. The maximum Gasteiger partial charge on any atom is 0.256 e. The minimum absolute atomic E-state index is 0.0203. The molecule has 104 valence electrons. The maximum absolute atomic E-state index is 13.3. The van der Waals surface area contributed by atoms with Crippen molar-refractivity contribution in [1.82, 2.24) is 9.95 Å². The van der Waals surface area contributed by atoms with Gasteiger partial charge in [0.25, 0.3) is 5.91 Å². The molecule has 0 atom stereocenters. The van der Waals surface area contributed by atoms with E-state index in [1.165, 1.54) is 0 Å². The van der Waals surface area contributed by atoms with Gasteiger partial charge in [0.1, 0.15) is 11.6 Å². The van der Waals surface area contributed by atoms with Gasteiger partial charge in [0, 0.05) is 24.3 Å². The van der Waals surface area contributed by atoms with Crippen LogP contribution in [0.4, 0.5) is 8.78 Å². The summed E-state index contributed by atoms with van der Waals surface area (Å²) in [4.78, 5) is 22.8. The maximum atomic E-state index is 13.3. The van der Waals surface area contributed by atoms with Crippen LogP contribution in [0.2, 0.25) is 0 Å². The Balaban J connectivity index is 2.58. The van der Waals surface area contributed by atoms with E-state index < -0.39 is 23.4 Å². The number of nitrogens with one attached hydrogen (secondary N) is 1. The van der Waals surface area contributed by atoms with Crippen molar-refractivity contribution < 1.29 is 18.4 Å². The highest BCUT2D eigenvalue weighted by molar-refractivity contribution is 6.21. The van der Waals surface area contributed by atoms with Gasteiger partial charge in [-0.25, -0.2) is 14.2 Å². The molecule has 0 aliphatic heterocycles. The van der Waals surface area contributed by atoms with Crippen LogP contribution in [0, 0.1) is 11.6 Å². The Morgan fingerprint density at radius 1 is 1.37 bits per heavy atom. The minimum atomic E-state index is -0.823. The second-order valence-corrected chi connectivity index (χ2v) is 4.21. The van der Waals surface area contributed by atoms with E-state index in [9.17, 15) is 18.4 Å². The summed E-state index contributed by atoms with van der Waals surface area (Å²) in [5.74, 6) is -2.67. The van der Waals surface area contributed by atoms with Crippen molar-refractivity contribution in [2.45, 2.75) is 26.2 Å². The molecule has 1 aromatic carbocycles. The van der Waals surface area contributed by atoms with E-state index in [1.54, 1.807) is 6.92 Å². The summed E-state index contributed by atoms with van der Waals surface area (Å²) in [6, 6.07) is 2.90. The molecule has 0 spiro atoms. The van der Waals surface area contributed by atoms with E-state index in [4.69, 9.17) is 11.8 Å². The molecule has 2 amide bonds. The van der Waals surface area contributed by atoms with Crippen LogP contribution in [-0.2, 0) is 16.0 Å². The lowest BCUT2D eigenvalue weighted by Gasteiger charge is -2.14. The second-order valence-electron chi connectivity index (χ2n) is 3.87. The lowest BCUT2D eigenvalue weighted by Crippen LogP contribution is -2.40. The van der Waals surface area contributed by atoms with Crippen LogP contribution in [-0.4, -0.2) is 16.3 Å². The average Bonchev–Trinajstić information content (AvgIpc) is 2.33. The minimum Gasteiger partial charge on any atom is -0.273 e. The first-order valence-electron chi connectivity index (χ1n) is 5.66. The van der Waals surface area contributed by atoms with Gasteiger partial charge in [0.05, 0.1) is 6.42 Å². The Morgan fingerprint density at radius 3 is 2.63 bits per heavy atom. The Kier molecular flexibility index (Phi) is 5.69. The molecule has 0 aromatic heterocycles. The first-order valence-corrected chi connectivity index (χ1v) is 6.00. The van der Waals surface area contributed by atoms with Gasteiger partial charge in [-0.2, -0.15) is 4.53 Å². The standard InChI is InChI=1S/C12H13ClF2N2O2/c1-2-3-12(19)17(13)16-11(18)6-8-4-5-9(14)7-10(8)15/h4-5,7H,2-3,6H2,1H3,(H,16,18). The molecule has 1 aromatic rings. The summed E-state index contributed by atoms with van der Waals surface area (Å²) in [7, 11) is 0. The van der Waals surface area contributed by atoms with Gasteiger partial charge in [-0.05, 0) is 18.1 Å². The molecule has 1 N–H and O–H groups in total. The second kappa shape index (κ2) is 7.04. The van der Waals surface area contributed by atoms with Crippen LogP contribution in [0.15, 0.2) is 18.2 Å². The van der Waals surface area contributed by atoms with E-state index in [-0.39, 0.29) is 18.4 Å². The Hall–Kier alpha value is -1.69. The van der Waals surface area contributed by atoms with E-state index in [0.29, 0.717) is 17.0 Å².